The lowest BCUT2D eigenvalue weighted by atomic mass is 10.3. The summed E-state index contributed by atoms with van der Waals surface area (Å²) < 4.78 is 6.82. The van der Waals surface area contributed by atoms with E-state index in [2.05, 4.69) is 40.1 Å². The Morgan fingerprint density at radius 3 is 1.43 bits per heavy atom. The number of hydrogen-bond donors (Lipinski definition) is 0. The molecule has 0 saturated heterocycles. The van der Waals surface area contributed by atoms with Crippen LogP contribution in [0.15, 0.2) is 25.3 Å². The molecule has 4 unspecified atom stereocenters. The highest BCUT2D eigenvalue weighted by Gasteiger charge is 2.47. The van der Waals surface area contributed by atoms with Gasteiger partial charge in [-0.05, 0) is 37.3 Å². The van der Waals surface area contributed by atoms with Crippen molar-refractivity contribution in [3.8, 4) is 0 Å². The zero-order valence-electron chi connectivity index (χ0n) is 15.8. The Morgan fingerprint density at radius 1 is 0.913 bits per heavy atom. The Hall–Kier alpha value is -0.786. The number of allylic oxidation sites excluding steroid dienone is 2. The summed E-state index contributed by atoms with van der Waals surface area (Å²) in [4.78, 5) is 24.4. The van der Waals surface area contributed by atoms with Crippen molar-refractivity contribution in [2.75, 3.05) is 0 Å². The van der Waals surface area contributed by atoms with Crippen molar-refractivity contribution in [2.24, 2.45) is 0 Å². The van der Waals surface area contributed by atoms with Crippen molar-refractivity contribution in [3.05, 3.63) is 25.3 Å². The van der Waals surface area contributed by atoms with E-state index in [1.54, 1.807) is 0 Å². The molecule has 0 aromatic heterocycles. The van der Waals surface area contributed by atoms with Crippen molar-refractivity contribution in [1.29, 1.82) is 0 Å². The van der Waals surface area contributed by atoms with Crippen molar-refractivity contribution in [2.45, 2.75) is 76.8 Å². The average Bonchev–Trinajstić information content (AvgIpc) is 2.51. The first-order chi connectivity index (χ1) is 10.6. The maximum atomic E-state index is 12.2. The quantitative estimate of drug-likeness (QED) is 0.354. The molecule has 0 bridgehead atoms. The first kappa shape index (κ1) is 22.2. The van der Waals surface area contributed by atoms with Crippen LogP contribution in [0.1, 0.15) is 40.5 Å². The Labute approximate surface area is 144 Å². The molecule has 4 atom stereocenters. The molecule has 0 amide bonds. The molecule has 23 heavy (non-hydrogen) atoms. The van der Waals surface area contributed by atoms with E-state index in [0.29, 0.717) is 0 Å². The largest absolute Gasteiger partial charge is 0.454 e. The first-order valence-corrected chi connectivity index (χ1v) is 14.0. The summed E-state index contributed by atoms with van der Waals surface area (Å²) in [5.41, 5.74) is -0.260. The highest BCUT2D eigenvalue weighted by molar-refractivity contribution is 6.90. The van der Waals surface area contributed by atoms with Gasteiger partial charge in [-0.2, -0.15) is 0 Å². The topological polar surface area (TPSA) is 43.4 Å². The van der Waals surface area contributed by atoms with Crippen LogP contribution < -0.4 is 0 Å². The van der Waals surface area contributed by atoms with Gasteiger partial charge >= 0.3 is 0 Å². The molecular formula is C18H34O3Si2. The number of rotatable bonds is 12. The predicted molar refractivity (Wildman–Crippen MR) is 104 cm³/mol. The molecule has 0 aliphatic heterocycles. The summed E-state index contributed by atoms with van der Waals surface area (Å²) in [6, 6.07) is 1.85. The van der Waals surface area contributed by atoms with Crippen molar-refractivity contribution >= 4 is 28.2 Å². The molecule has 0 rings (SSSR count). The molecule has 0 spiro atoms. The van der Waals surface area contributed by atoms with Crippen LogP contribution in [0.4, 0.5) is 0 Å². The van der Waals surface area contributed by atoms with Crippen LogP contribution in [0.25, 0.3) is 0 Å². The molecule has 0 aromatic rings. The zero-order valence-corrected chi connectivity index (χ0v) is 17.8. The molecule has 0 N–H and O–H groups in total. The standard InChI is InChI=1S/C18H34O3Si2/c1-9-13-22(7,15(5)17(19)11-3)21-23(8,14-10-2)16(6)18(20)12-4/h11-12,15-16H,3-4,9-10,13-14H2,1-2,5-8H3. The minimum absolute atomic E-state index is 0.0585. The van der Waals surface area contributed by atoms with E-state index in [1.165, 1.54) is 12.2 Å². The van der Waals surface area contributed by atoms with E-state index < -0.39 is 16.6 Å². The van der Waals surface area contributed by atoms with Crippen LogP contribution in [0, 0.1) is 0 Å². The molecule has 0 aliphatic rings. The highest BCUT2D eigenvalue weighted by atomic mass is 28.4. The van der Waals surface area contributed by atoms with Gasteiger partial charge in [0.25, 0.3) is 0 Å². The number of hydrogen-bond acceptors (Lipinski definition) is 3. The monoisotopic (exact) mass is 354 g/mol. The van der Waals surface area contributed by atoms with Crippen LogP contribution >= 0.6 is 0 Å². The lowest BCUT2D eigenvalue weighted by molar-refractivity contribution is -0.115. The summed E-state index contributed by atoms with van der Waals surface area (Å²) in [6.45, 7) is 19.7. The summed E-state index contributed by atoms with van der Waals surface area (Å²) in [5, 5.41) is 0. The second-order valence-corrected chi connectivity index (χ2v) is 15.7. The molecule has 0 fully saturated rings. The van der Waals surface area contributed by atoms with Gasteiger partial charge in [0, 0.05) is 11.1 Å². The highest BCUT2D eigenvalue weighted by Crippen LogP contribution is 2.38. The summed E-state index contributed by atoms with van der Waals surface area (Å²) in [7, 11) is -4.55. The molecule has 0 saturated carbocycles. The van der Waals surface area contributed by atoms with Gasteiger partial charge in [-0.3, -0.25) is 9.59 Å². The smallest absolute Gasteiger partial charge is 0.187 e. The second-order valence-electron chi connectivity index (χ2n) is 6.88. The van der Waals surface area contributed by atoms with E-state index in [0.717, 1.165) is 24.9 Å². The molecule has 3 nitrogen and oxygen atoms in total. The maximum Gasteiger partial charge on any atom is 0.187 e. The maximum absolute atomic E-state index is 12.2. The zero-order chi connectivity index (χ0) is 18.3. The van der Waals surface area contributed by atoms with Gasteiger partial charge in [-0.25, -0.2) is 0 Å². The average molecular weight is 355 g/mol. The number of carbonyl (C=O) groups excluding carboxylic acids is 2. The molecule has 0 heterocycles. The Kier molecular flexibility index (Phi) is 9.17. The summed E-state index contributed by atoms with van der Waals surface area (Å²) >= 11 is 0. The minimum atomic E-state index is -2.28. The van der Waals surface area contributed by atoms with E-state index >= 15 is 0 Å². The molecule has 0 aromatic carbocycles. The molecule has 132 valence electrons. The minimum Gasteiger partial charge on any atom is -0.454 e. The van der Waals surface area contributed by atoms with Gasteiger partial charge in [0.2, 0.25) is 0 Å². The number of ketones is 2. The molecule has 0 radical (unpaired) electrons. The molecular weight excluding hydrogens is 320 g/mol. The fourth-order valence-corrected chi connectivity index (χ4v) is 14.0. The van der Waals surface area contributed by atoms with Gasteiger partial charge in [-0.15, -0.1) is 0 Å². The second kappa shape index (κ2) is 9.50. The first-order valence-electron chi connectivity index (χ1n) is 8.64. The third-order valence-electron chi connectivity index (χ3n) is 5.05. The Bertz CT molecular complexity index is 410. The van der Waals surface area contributed by atoms with Crippen molar-refractivity contribution in [3.63, 3.8) is 0 Å². The van der Waals surface area contributed by atoms with E-state index in [-0.39, 0.29) is 22.6 Å². The van der Waals surface area contributed by atoms with Gasteiger partial charge in [-0.1, -0.05) is 53.7 Å². The SMILES string of the molecule is C=CC(=O)C(C)[Si](C)(CCC)O[Si](C)(CCC)C(C)C(=O)C=C. The lowest BCUT2D eigenvalue weighted by Gasteiger charge is -2.43. The lowest BCUT2D eigenvalue weighted by Crippen LogP contribution is -2.54. The van der Waals surface area contributed by atoms with Gasteiger partial charge < -0.3 is 4.12 Å². The fraction of sp³-hybridized carbons (Fsp3) is 0.667. The van der Waals surface area contributed by atoms with Crippen LogP contribution in [-0.4, -0.2) is 28.2 Å². The van der Waals surface area contributed by atoms with Crippen LogP contribution in [-0.2, 0) is 13.7 Å². The number of carbonyl (C=O) groups is 2. The van der Waals surface area contributed by atoms with Crippen LogP contribution in [0.3, 0.4) is 0 Å². The van der Waals surface area contributed by atoms with Gasteiger partial charge in [0.1, 0.15) is 0 Å². The van der Waals surface area contributed by atoms with Crippen molar-refractivity contribution in [1.82, 2.24) is 0 Å². The Balaban J connectivity index is 5.70. The molecule has 0 aliphatic carbocycles. The summed E-state index contributed by atoms with van der Waals surface area (Å²) in [5.74, 6) is 0.117. The third-order valence-corrected chi connectivity index (χ3v) is 16.0. The van der Waals surface area contributed by atoms with Gasteiger partial charge in [0.05, 0.1) is 0 Å². The predicted octanol–water partition coefficient (Wildman–Crippen LogP) is 5.26. The van der Waals surface area contributed by atoms with Crippen LogP contribution in [0.5, 0.6) is 0 Å². The normalized spacial score (nSPS) is 19.0. The van der Waals surface area contributed by atoms with E-state index in [1.807, 2.05) is 13.8 Å². The third kappa shape index (κ3) is 5.66. The van der Waals surface area contributed by atoms with Crippen molar-refractivity contribution < 1.29 is 13.7 Å². The molecule has 5 heteroatoms. The van der Waals surface area contributed by atoms with Crippen LogP contribution in [0.2, 0.25) is 36.3 Å². The Morgan fingerprint density at radius 2 is 1.22 bits per heavy atom. The fourth-order valence-electron chi connectivity index (χ4n) is 3.19. The van der Waals surface area contributed by atoms with E-state index in [9.17, 15) is 9.59 Å². The summed E-state index contributed by atoms with van der Waals surface area (Å²) in [6.07, 6.45) is 4.79. The van der Waals surface area contributed by atoms with Gasteiger partial charge in [0.15, 0.2) is 28.2 Å². The van der Waals surface area contributed by atoms with E-state index in [4.69, 9.17) is 4.12 Å².